The molecule has 1 amide bonds. The Kier molecular flexibility index (Phi) is 5.89. The number of amides is 1. The van der Waals surface area contributed by atoms with Gasteiger partial charge in [0.25, 0.3) is 0 Å². The van der Waals surface area contributed by atoms with E-state index >= 15 is 0 Å². The average molecular weight is 350 g/mol. The number of anilines is 1. The molecule has 0 bridgehead atoms. The Balaban J connectivity index is 1.98. The van der Waals surface area contributed by atoms with Gasteiger partial charge in [0.05, 0.1) is 17.1 Å². The molecule has 1 unspecified atom stereocenters. The third-order valence-electron chi connectivity index (χ3n) is 3.84. The summed E-state index contributed by atoms with van der Waals surface area (Å²) in [7, 11) is 1.88. The van der Waals surface area contributed by atoms with Crippen molar-refractivity contribution in [3.8, 4) is 0 Å². The van der Waals surface area contributed by atoms with Crippen molar-refractivity contribution in [1.29, 1.82) is 0 Å². The summed E-state index contributed by atoms with van der Waals surface area (Å²) in [6.07, 6.45) is -2.51. The van der Waals surface area contributed by atoms with Crippen molar-refractivity contribution >= 4 is 23.2 Å². The highest BCUT2D eigenvalue weighted by molar-refractivity contribution is 6.31. The summed E-state index contributed by atoms with van der Waals surface area (Å²) in [4.78, 5) is 14.0. The van der Waals surface area contributed by atoms with Crippen LogP contribution in [0.2, 0.25) is 5.02 Å². The summed E-state index contributed by atoms with van der Waals surface area (Å²) in [5, 5.41) is 5.29. The van der Waals surface area contributed by atoms with E-state index in [1.165, 1.54) is 6.07 Å². The zero-order valence-electron chi connectivity index (χ0n) is 12.7. The number of rotatable bonds is 4. The minimum Gasteiger partial charge on any atom is -0.325 e. The second-order valence-electron chi connectivity index (χ2n) is 5.60. The van der Waals surface area contributed by atoms with E-state index < -0.39 is 11.7 Å². The average Bonchev–Trinajstić information content (AvgIpc) is 2.48. The predicted octanol–water partition coefficient (Wildman–Crippen LogP) is 2.98. The molecule has 1 atom stereocenters. The molecule has 128 valence electrons. The first-order valence-electron chi connectivity index (χ1n) is 7.36. The van der Waals surface area contributed by atoms with Gasteiger partial charge in [-0.25, -0.2) is 0 Å². The van der Waals surface area contributed by atoms with E-state index in [0.717, 1.165) is 38.1 Å². The number of halogens is 4. The number of alkyl halides is 3. The number of carbonyl (C=O) groups is 1. The number of likely N-dealkylation sites (tertiary alicyclic amines) is 1. The first-order valence-corrected chi connectivity index (χ1v) is 7.73. The second kappa shape index (κ2) is 7.51. The fourth-order valence-electron chi connectivity index (χ4n) is 2.66. The molecule has 1 saturated heterocycles. The van der Waals surface area contributed by atoms with E-state index in [-0.39, 0.29) is 23.2 Å². The summed E-state index contributed by atoms with van der Waals surface area (Å²) in [5.41, 5.74) is -0.862. The van der Waals surface area contributed by atoms with Gasteiger partial charge in [-0.3, -0.25) is 9.69 Å². The van der Waals surface area contributed by atoms with Gasteiger partial charge in [0, 0.05) is 18.3 Å². The normalized spacial score (nSPS) is 19.6. The lowest BCUT2D eigenvalue weighted by Crippen LogP contribution is -2.46. The highest BCUT2D eigenvalue weighted by atomic mass is 35.5. The summed E-state index contributed by atoms with van der Waals surface area (Å²) < 4.78 is 38.4. The Hall–Kier alpha value is -1.31. The van der Waals surface area contributed by atoms with Crippen molar-refractivity contribution in [3.05, 3.63) is 28.8 Å². The van der Waals surface area contributed by atoms with Crippen molar-refractivity contribution in [3.63, 3.8) is 0 Å². The third kappa shape index (κ3) is 5.09. The van der Waals surface area contributed by atoms with Gasteiger partial charge < -0.3 is 10.6 Å². The molecule has 1 aliphatic rings. The number of hydrogen-bond donors (Lipinski definition) is 2. The molecule has 1 heterocycles. The smallest absolute Gasteiger partial charge is 0.325 e. The Morgan fingerprint density at radius 2 is 2.17 bits per heavy atom. The van der Waals surface area contributed by atoms with E-state index in [1.54, 1.807) is 0 Å². The van der Waals surface area contributed by atoms with Gasteiger partial charge >= 0.3 is 6.18 Å². The number of piperidine rings is 1. The molecule has 0 spiro atoms. The van der Waals surface area contributed by atoms with Gasteiger partial charge in [0.1, 0.15) is 0 Å². The number of carbonyl (C=O) groups excluding carboxylic acids is 1. The van der Waals surface area contributed by atoms with Crippen LogP contribution < -0.4 is 10.6 Å². The monoisotopic (exact) mass is 349 g/mol. The van der Waals surface area contributed by atoms with Crippen molar-refractivity contribution in [1.82, 2.24) is 10.2 Å². The standard InChI is InChI=1S/C15H19ClF3N3O/c1-20-11-3-2-6-22(8-11)9-14(23)21-10-4-5-13(16)12(7-10)15(17,18)19/h4-5,7,11,20H,2-3,6,8-9H2,1H3,(H,21,23). The van der Waals surface area contributed by atoms with Gasteiger partial charge in [0.2, 0.25) is 5.91 Å². The lowest BCUT2D eigenvalue weighted by atomic mass is 10.1. The van der Waals surface area contributed by atoms with Crippen molar-refractivity contribution in [2.45, 2.75) is 25.1 Å². The summed E-state index contributed by atoms with van der Waals surface area (Å²) >= 11 is 5.56. The van der Waals surface area contributed by atoms with E-state index in [0.29, 0.717) is 6.04 Å². The van der Waals surface area contributed by atoms with Crippen LogP contribution in [0.15, 0.2) is 18.2 Å². The number of likely N-dealkylation sites (N-methyl/N-ethyl adjacent to an activating group) is 1. The van der Waals surface area contributed by atoms with Crippen LogP contribution >= 0.6 is 11.6 Å². The maximum atomic E-state index is 12.8. The van der Waals surface area contributed by atoms with Crippen molar-refractivity contribution in [2.75, 3.05) is 32.0 Å². The molecule has 2 N–H and O–H groups in total. The van der Waals surface area contributed by atoms with Crippen LogP contribution in [0.5, 0.6) is 0 Å². The minimum absolute atomic E-state index is 0.0916. The largest absolute Gasteiger partial charge is 0.417 e. The van der Waals surface area contributed by atoms with Gasteiger partial charge in [-0.15, -0.1) is 0 Å². The zero-order chi connectivity index (χ0) is 17.0. The maximum Gasteiger partial charge on any atom is 0.417 e. The van der Waals surface area contributed by atoms with Crippen molar-refractivity contribution in [2.24, 2.45) is 0 Å². The van der Waals surface area contributed by atoms with Crippen molar-refractivity contribution < 1.29 is 18.0 Å². The second-order valence-corrected chi connectivity index (χ2v) is 6.01. The molecule has 1 fully saturated rings. The topological polar surface area (TPSA) is 44.4 Å². The molecule has 1 aromatic rings. The molecule has 1 aliphatic heterocycles. The molecule has 23 heavy (non-hydrogen) atoms. The first-order chi connectivity index (χ1) is 10.8. The van der Waals surface area contributed by atoms with Crippen LogP contribution in [0.4, 0.5) is 18.9 Å². The lowest BCUT2D eigenvalue weighted by Gasteiger charge is -2.31. The van der Waals surface area contributed by atoms with Crippen LogP contribution in [0.3, 0.4) is 0 Å². The predicted molar refractivity (Wildman–Crippen MR) is 83.6 cm³/mol. The molecule has 0 radical (unpaired) electrons. The Bertz CT molecular complexity index is 565. The number of benzene rings is 1. The highest BCUT2D eigenvalue weighted by Crippen LogP contribution is 2.36. The molecule has 2 rings (SSSR count). The molecular weight excluding hydrogens is 331 g/mol. The van der Waals surface area contributed by atoms with E-state index in [4.69, 9.17) is 11.6 Å². The van der Waals surface area contributed by atoms with Gasteiger partial charge in [0.15, 0.2) is 0 Å². The fourth-order valence-corrected chi connectivity index (χ4v) is 2.88. The molecule has 4 nitrogen and oxygen atoms in total. The zero-order valence-corrected chi connectivity index (χ0v) is 13.5. The number of nitrogens with one attached hydrogen (secondary N) is 2. The maximum absolute atomic E-state index is 12.8. The van der Waals surface area contributed by atoms with Gasteiger partial charge in [-0.05, 0) is 44.6 Å². The highest BCUT2D eigenvalue weighted by Gasteiger charge is 2.33. The Morgan fingerprint density at radius 1 is 1.43 bits per heavy atom. The molecular formula is C15H19ClF3N3O. The number of hydrogen-bond acceptors (Lipinski definition) is 3. The summed E-state index contributed by atoms with van der Waals surface area (Å²) in [6, 6.07) is 3.69. The van der Waals surface area contributed by atoms with E-state index in [1.807, 2.05) is 11.9 Å². The Labute approximate surface area is 138 Å². The SMILES string of the molecule is CNC1CCCN(CC(=O)Nc2ccc(Cl)c(C(F)(F)F)c2)C1. The van der Waals surface area contributed by atoms with Crippen LogP contribution in [0.25, 0.3) is 0 Å². The van der Waals surface area contributed by atoms with Gasteiger partial charge in [-0.1, -0.05) is 11.6 Å². The first kappa shape index (κ1) is 18.0. The fraction of sp³-hybridized carbons (Fsp3) is 0.533. The van der Waals surface area contributed by atoms with Crippen LogP contribution in [-0.4, -0.2) is 43.5 Å². The van der Waals surface area contributed by atoms with Crippen LogP contribution in [-0.2, 0) is 11.0 Å². The van der Waals surface area contributed by atoms with E-state index in [9.17, 15) is 18.0 Å². The van der Waals surface area contributed by atoms with Crippen LogP contribution in [0.1, 0.15) is 18.4 Å². The summed E-state index contributed by atoms with van der Waals surface area (Å²) in [6.45, 7) is 1.71. The quantitative estimate of drug-likeness (QED) is 0.878. The molecule has 1 aromatic carbocycles. The van der Waals surface area contributed by atoms with E-state index in [2.05, 4.69) is 10.6 Å². The Morgan fingerprint density at radius 3 is 2.83 bits per heavy atom. The minimum atomic E-state index is -4.55. The van der Waals surface area contributed by atoms with Gasteiger partial charge in [-0.2, -0.15) is 13.2 Å². The molecule has 0 aromatic heterocycles. The molecule has 0 aliphatic carbocycles. The molecule has 0 saturated carbocycles. The number of nitrogens with zero attached hydrogens (tertiary/aromatic N) is 1. The summed E-state index contributed by atoms with van der Waals surface area (Å²) in [5.74, 6) is -0.336. The third-order valence-corrected chi connectivity index (χ3v) is 4.17. The van der Waals surface area contributed by atoms with Crippen LogP contribution in [0, 0.1) is 0 Å². The molecule has 8 heteroatoms. The lowest BCUT2D eigenvalue weighted by molar-refractivity contribution is -0.137.